The Morgan fingerprint density at radius 1 is 1.15 bits per heavy atom. The van der Waals surface area contributed by atoms with Gasteiger partial charge in [-0.2, -0.15) is 8.42 Å². The van der Waals surface area contributed by atoms with Gasteiger partial charge in [-0.25, -0.2) is 0 Å². The molecule has 0 aromatic heterocycles. The maximum absolute atomic E-state index is 10.6. The Kier molecular flexibility index (Phi) is 6.79. The molecule has 120 valence electrons. The summed E-state index contributed by atoms with van der Waals surface area (Å²) in [6.45, 7) is -0.0142. The van der Waals surface area contributed by atoms with Crippen LogP contribution in [0.1, 0.15) is 6.42 Å². The van der Waals surface area contributed by atoms with Crippen molar-refractivity contribution in [2.45, 2.75) is 30.8 Å². The van der Waals surface area contributed by atoms with Crippen molar-refractivity contribution in [1.29, 1.82) is 0 Å². The van der Waals surface area contributed by atoms with Crippen LogP contribution in [-0.4, -0.2) is 80.8 Å². The molecule has 3 N–H and O–H groups in total. The number of methoxy groups -OCH3 is 2. The van der Waals surface area contributed by atoms with Gasteiger partial charge in [0.2, 0.25) is 0 Å². The molecule has 0 amide bonds. The van der Waals surface area contributed by atoms with E-state index in [-0.39, 0.29) is 19.1 Å². The van der Waals surface area contributed by atoms with Gasteiger partial charge in [-0.3, -0.25) is 4.55 Å². The zero-order chi connectivity index (χ0) is 15.3. The van der Waals surface area contributed by atoms with Gasteiger partial charge in [0.25, 0.3) is 10.1 Å². The van der Waals surface area contributed by atoms with E-state index in [1.54, 1.807) is 0 Å². The Hall–Kier alpha value is -0.290. The van der Waals surface area contributed by atoms with Gasteiger partial charge in [-0.05, 0) is 6.42 Å². The minimum Gasteiger partial charge on any atom is -0.388 e. The van der Waals surface area contributed by atoms with Gasteiger partial charge in [-0.1, -0.05) is 0 Å². The molecule has 0 heterocycles. The van der Waals surface area contributed by atoms with E-state index in [4.69, 9.17) is 18.8 Å². The number of aliphatic hydroxyl groups is 2. The fourth-order valence-electron chi connectivity index (χ4n) is 2.39. The second kappa shape index (κ2) is 7.64. The Labute approximate surface area is 118 Å². The molecule has 0 radical (unpaired) electrons. The third kappa shape index (κ3) is 4.92. The summed E-state index contributed by atoms with van der Waals surface area (Å²) in [5.74, 6) is -0.735. The second-order valence-corrected chi connectivity index (χ2v) is 6.38. The van der Waals surface area contributed by atoms with Crippen LogP contribution >= 0.6 is 0 Å². The number of hydrogen-bond acceptors (Lipinski definition) is 7. The second-order valence-electron chi connectivity index (χ2n) is 4.81. The molecular weight excluding hydrogens is 292 g/mol. The first-order chi connectivity index (χ1) is 9.30. The average Bonchev–Trinajstić information content (AvgIpc) is 2.37. The highest BCUT2D eigenvalue weighted by atomic mass is 32.2. The SMILES string of the molecule is COC1CC(COCCS(=O)(=O)O)C(OC)C(O)C1O. The molecule has 5 atom stereocenters. The molecule has 9 heteroatoms. The lowest BCUT2D eigenvalue weighted by Crippen LogP contribution is -2.55. The van der Waals surface area contributed by atoms with Crippen LogP contribution in [0.5, 0.6) is 0 Å². The molecule has 0 spiro atoms. The van der Waals surface area contributed by atoms with E-state index in [0.29, 0.717) is 6.42 Å². The molecule has 0 bridgehead atoms. The first-order valence-electron chi connectivity index (χ1n) is 6.24. The molecule has 1 fully saturated rings. The minimum atomic E-state index is -4.05. The van der Waals surface area contributed by atoms with Crippen LogP contribution < -0.4 is 0 Å². The summed E-state index contributed by atoms with van der Waals surface area (Å²) in [5.41, 5.74) is 0. The maximum atomic E-state index is 10.6. The highest BCUT2D eigenvalue weighted by Gasteiger charge is 2.43. The van der Waals surface area contributed by atoms with Crippen LogP contribution in [0.3, 0.4) is 0 Å². The molecule has 20 heavy (non-hydrogen) atoms. The summed E-state index contributed by atoms with van der Waals surface area (Å²) >= 11 is 0. The quantitative estimate of drug-likeness (QED) is 0.390. The zero-order valence-corrected chi connectivity index (χ0v) is 12.3. The lowest BCUT2D eigenvalue weighted by atomic mass is 9.81. The van der Waals surface area contributed by atoms with E-state index in [1.165, 1.54) is 14.2 Å². The largest absolute Gasteiger partial charge is 0.388 e. The highest BCUT2D eigenvalue weighted by molar-refractivity contribution is 7.85. The van der Waals surface area contributed by atoms with Crippen LogP contribution in [-0.2, 0) is 24.3 Å². The molecule has 0 saturated heterocycles. The normalized spacial score (nSPS) is 35.1. The Balaban J connectivity index is 2.53. The van der Waals surface area contributed by atoms with Crippen molar-refractivity contribution in [1.82, 2.24) is 0 Å². The fraction of sp³-hybridized carbons (Fsp3) is 1.00. The number of hydrogen-bond donors (Lipinski definition) is 3. The zero-order valence-electron chi connectivity index (χ0n) is 11.5. The molecule has 1 saturated carbocycles. The molecule has 1 rings (SSSR count). The van der Waals surface area contributed by atoms with Crippen molar-refractivity contribution < 1.29 is 37.4 Å². The number of ether oxygens (including phenoxy) is 3. The standard InChI is InChI=1S/C11H22O8S/c1-17-8-5-7(6-19-3-4-20(14,15)16)11(18-2)10(13)9(8)12/h7-13H,3-6H2,1-2H3,(H,14,15,16). The predicted octanol–water partition coefficient (Wildman–Crippen LogP) is -1.34. The van der Waals surface area contributed by atoms with Crippen molar-refractivity contribution in [3.63, 3.8) is 0 Å². The molecule has 0 aliphatic heterocycles. The van der Waals surface area contributed by atoms with Gasteiger partial charge < -0.3 is 24.4 Å². The topological polar surface area (TPSA) is 123 Å². The van der Waals surface area contributed by atoms with Crippen LogP contribution in [0.25, 0.3) is 0 Å². The summed E-state index contributed by atoms with van der Waals surface area (Å²) in [7, 11) is -1.20. The van der Waals surface area contributed by atoms with Gasteiger partial charge in [0, 0.05) is 20.1 Å². The van der Waals surface area contributed by atoms with Crippen molar-refractivity contribution in [2.24, 2.45) is 5.92 Å². The summed E-state index contributed by atoms with van der Waals surface area (Å²) < 4.78 is 45.1. The number of rotatable bonds is 7. The van der Waals surface area contributed by atoms with E-state index in [2.05, 4.69) is 0 Å². The van der Waals surface area contributed by atoms with E-state index in [9.17, 15) is 18.6 Å². The first-order valence-corrected chi connectivity index (χ1v) is 7.85. The van der Waals surface area contributed by atoms with Crippen LogP contribution in [0.15, 0.2) is 0 Å². The average molecular weight is 314 g/mol. The van der Waals surface area contributed by atoms with Crippen LogP contribution in [0.2, 0.25) is 0 Å². The summed E-state index contributed by atoms with van der Waals surface area (Å²) in [5, 5.41) is 19.8. The van der Waals surface area contributed by atoms with Crippen LogP contribution in [0, 0.1) is 5.92 Å². The third-order valence-electron chi connectivity index (χ3n) is 3.46. The van der Waals surface area contributed by atoms with Crippen LogP contribution in [0.4, 0.5) is 0 Å². The summed E-state index contributed by atoms with van der Waals surface area (Å²) in [4.78, 5) is 0. The maximum Gasteiger partial charge on any atom is 0.267 e. The van der Waals surface area contributed by atoms with Crippen molar-refractivity contribution in [3.8, 4) is 0 Å². The summed E-state index contributed by atoms with van der Waals surface area (Å²) in [6.07, 6.45) is -2.89. The Morgan fingerprint density at radius 2 is 1.80 bits per heavy atom. The minimum absolute atomic E-state index is 0.137. The van der Waals surface area contributed by atoms with E-state index >= 15 is 0 Å². The molecule has 8 nitrogen and oxygen atoms in total. The van der Waals surface area contributed by atoms with Crippen molar-refractivity contribution in [3.05, 3.63) is 0 Å². The predicted molar refractivity (Wildman–Crippen MR) is 68.9 cm³/mol. The van der Waals surface area contributed by atoms with E-state index < -0.39 is 40.3 Å². The lowest BCUT2D eigenvalue weighted by molar-refractivity contribution is -0.182. The lowest BCUT2D eigenvalue weighted by Gasteiger charge is -2.41. The molecule has 1 aliphatic rings. The van der Waals surface area contributed by atoms with E-state index in [1.807, 2.05) is 0 Å². The van der Waals surface area contributed by atoms with Gasteiger partial charge >= 0.3 is 0 Å². The highest BCUT2D eigenvalue weighted by Crippen LogP contribution is 2.29. The molecular formula is C11H22O8S. The molecule has 0 aromatic carbocycles. The molecule has 1 aliphatic carbocycles. The fourth-order valence-corrected chi connectivity index (χ4v) is 2.72. The monoisotopic (exact) mass is 314 g/mol. The Morgan fingerprint density at radius 3 is 2.30 bits per heavy atom. The van der Waals surface area contributed by atoms with Gasteiger partial charge in [0.15, 0.2) is 0 Å². The van der Waals surface area contributed by atoms with Gasteiger partial charge in [0.05, 0.1) is 31.2 Å². The van der Waals surface area contributed by atoms with Crippen molar-refractivity contribution in [2.75, 3.05) is 33.2 Å². The molecule has 0 aromatic rings. The third-order valence-corrected chi connectivity index (χ3v) is 4.14. The summed E-state index contributed by atoms with van der Waals surface area (Å²) in [6, 6.07) is 0. The van der Waals surface area contributed by atoms with Gasteiger partial charge in [0.1, 0.15) is 12.2 Å². The van der Waals surface area contributed by atoms with Gasteiger partial charge in [-0.15, -0.1) is 0 Å². The Bertz CT molecular complexity index is 384. The van der Waals surface area contributed by atoms with Crippen molar-refractivity contribution >= 4 is 10.1 Å². The first kappa shape index (κ1) is 17.8. The molecule has 5 unspecified atom stereocenters. The number of aliphatic hydroxyl groups excluding tert-OH is 2. The smallest absolute Gasteiger partial charge is 0.267 e. The van der Waals surface area contributed by atoms with E-state index in [0.717, 1.165) is 0 Å².